The summed E-state index contributed by atoms with van der Waals surface area (Å²) in [7, 11) is 3.34. The maximum atomic E-state index is 5.17. The van der Waals surface area contributed by atoms with E-state index in [1.807, 2.05) is 0 Å². The van der Waals surface area contributed by atoms with Crippen molar-refractivity contribution in [2.45, 2.75) is 25.4 Å². The molecule has 1 fully saturated rings. The van der Waals surface area contributed by atoms with Crippen molar-refractivity contribution in [1.29, 1.82) is 0 Å². The number of hydrogen-bond donors (Lipinski definition) is 2. The van der Waals surface area contributed by atoms with Crippen molar-refractivity contribution in [3.63, 3.8) is 0 Å². The first-order valence-corrected chi connectivity index (χ1v) is 3.83. The van der Waals surface area contributed by atoms with Gasteiger partial charge in [-0.25, -0.2) is 0 Å². The smallest absolute Gasteiger partial charge is 0.147 e. The first-order valence-electron chi connectivity index (χ1n) is 3.83. The standard InChI is InChI=1S/C7H16N2O2/c1-5-4-8-6(10-2)7(9-5)11-3/h5-9H,4H2,1-3H3. The molecular weight excluding hydrogens is 144 g/mol. The Morgan fingerprint density at radius 2 is 1.82 bits per heavy atom. The number of methoxy groups -OCH3 is 2. The molecule has 1 aliphatic heterocycles. The molecular formula is C7H16N2O2. The summed E-state index contributed by atoms with van der Waals surface area (Å²) in [4.78, 5) is 0. The van der Waals surface area contributed by atoms with Crippen LogP contribution >= 0.6 is 0 Å². The predicted molar refractivity (Wildman–Crippen MR) is 42.2 cm³/mol. The summed E-state index contributed by atoms with van der Waals surface area (Å²) in [6.45, 7) is 3.02. The van der Waals surface area contributed by atoms with E-state index in [0.29, 0.717) is 6.04 Å². The summed E-state index contributed by atoms with van der Waals surface area (Å²) in [5.41, 5.74) is 0. The van der Waals surface area contributed by atoms with E-state index < -0.39 is 0 Å². The summed E-state index contributed by atoms with van der Waals surface area (Å²) in [6, 6.07) is 0.436. The van der Waals surface area contributed by atoms with Crippen molar-refractivity contribution < 1.29 is 9.47 Å². The fourth-order valence-corrected chi connectivity index (χ4v) is 1.23. The van der Waals surface area contributed by atoms with Gasteiger partial charge in [0.05, 0.1) is 0 Å². The van der Waals surface area contributed by atoms with E-state index in [1.165, 1.54) is 0 Å². The zero-order valence-corrected chi connectivity index (χ0v) is 7.26. The topological polar surface area (TPSA) is 42.5 Å². The summed E-state index contributed by atoms with van der Waals surface area (Å²) in [5, 5.41) is 6.47. The molecule has 0 spiro atoms. The molecule has 1 heterocycles. The summed E-state index contributed by atoms with van der Waals surface area (Å²) in [6.07, 6.45) is -0.0695. The number of nitrogens with one attached hydrogen (secondary N) is 2. The summed E-state index contributed by atoms with van der Waals surface area (Å²) >= 11 is 0. The third kappa shape index (κ3) is 2.13. The second-order valence-corrected chi connectivity index (χ2v) is 2.79. The average molecular weight is 160 g/mol. The molecule has 2 N–H and O–H groups in total. The first-order chi connectivity index (χ1) is 5.27. The van der Waals surface area contributed by atoms with Gasteiger partial charge in [-0.05, 0) is 6.92 Å². The van der Waals surface area contributed by atoms with Crippen LogP contribution in [-0.2, 0) is 9.47 Å². The lowest BCUT2D eigenvalue weighted by Crippen LogP contribution is -2.61. The minimum atomic E-state index is -0.0382. The van der Waals surface area contributed by atoms with E-state index in [9.17, 15) is 0 Å². The van der Waals surface area contributed by atoms with Crippen LogP contribution in [0.3, 0.4) is 0 Å². The zero-order valence-electron chi connectivity index (χ0n) is 7.26. The van der Waals surface area contributed by atoms with Crippen molar-refractivity contribution in [3.05, 3.63) is 0 Å². The molecule has 0 bridgehead atoms. The maximum Gasteiger partial charge on any atom is 0.147 e. The Morgan fingerprint density at radius 1 is 1.18 bits per heavy atom. The largest absolute Gasteiger partial charge is 0.362 e. The van der Waals surface area contributed by atoms with Crippen molar-refractivity contribution in [3.8, 4) is 0 Å². The van der Waals surface area contributed by atoms with Crippen molar-refractivity contribution in [1.82, 2.24) is 10.6 Å². The number of hydrogen-bond acceptors (Lipinski definition) is 4. The highest BCUT2D eigenvalue weighted by Crippen LogP contribution is 2.02. The Hall–Kier alpha value is -0.160. The van der Waals surface area contributed by atoms with Gasteiger partial charge in [0.1, 0.15) is 12.5 Å². The van der Waals surface area contributed by atoms with E-state index in [0.717, 1.165) is 6.54 Å². The summed E-state index contributed by atoms with van der Waals surface area (Å²) < 4.78 is 10.3. The molecule has 0 aliphatic carbocycles. The van der Waals surface area contributed by atoms with Gasteiger partial charge in [-0.1, -0.05) is 0 Å². The van der Waals surface area contributed by atoms with E-state index in [1.54, 1.807) is 14.2 Å². The van der Waals surface area contributed by atoms with Gasteiger partial charge in [0, 0.05) is 26.8 Å². The quantitative estimate of drug-likeness (QED) is 0.572. The lowest BCUT2D eigenvalue weighted by molar-refractivity contribution is -0.0892. The Morgan fingerprint density at radius 3 is 2.36 bits per heavy atom. The molecule has 3 unspecified atom stereocenters. The predicted octanol–water partition coefficient (Wildman–Crippen LogP) is -0.487. The van der Waals surface area contributed by atoms with Crippen molar-refractivity contribution in [2.75, 3.05) is 20.8 Å². The SMILES string of the molecule is COC1NCC(C)NC1OC. The number of ether oxygens (including phenoxy) is 2. The van der Waals surface area contributed by atoms with Gasteiger partial charge in [0.25, 0.3) is 0 Å². The average Bonchev–Trinajstić information content (AvgIpc) is 2.04. The molecule has 66 valence electrons. The van der Waals surface area contributed by atoms with Crippen LogP contribution in [0.15, 0.2) is 0 Å². The molecule has 1 aliphatic rings. The molecule has 0 amide bonds. The zero-order chi connectivity index (χ0) is 8.27. The van der Waals surface area contributed by atoms with Crippen LogP contribution < -0.4 is 10.6 Å². The lowest BCUT2D eigenvalue weighted by atomic mass is 10.2. The first kappa shape index (κ1) is 8.93. The number of rotatable bonds is 2. The minimum Gasteiger partial charge on any atom is -0.362 e. The molecule has 1 saturated heterocycles. The fraction of sp³-hybridized carbons (Fsp3) is 1.00. The van der Waals surface area contributed by atoms with Crippen molar-refractivity contribution >= 4 is 0 Å². The fourth-order valence-electron chi connectivity index (χ4n) is 1.23. The van der Waals surface area contributed by atoms with Crippen LogP contribution in [0.25, 0.3) is 0 Å². The molecule has 0 saturated carbocycles. The highest BCUT2D eigenvalue weighted by Gasteiger charge is 2.26. The van der Waals surface area contributed by atoms with E-state index in [-0.39, 0.29) is 12.5 Å². The molecule has 3 atom stereocenters. The Balaban J connectivity index is 2.41. The van der Waals surface area contributed by atoms with Gasteiger partial charge < -0.3 is 9.47 Å². The Kier molecular flexibility index (Phi) is 3.26. The highest BCUT2D eigenvalue weighted by molar-refractivity contribution is 4.79. The minimum absolute atomic E-state index is 0.0313. The molecule has 0 aromatic heterocycles. The molecule has 0 radical (unpaired) electrons. The van der Waals surface area contributed by atoms with Gasteiger partial charge >= 0.3 is 0 Å². The number of piperazine rings is 1. The van der Waals surface area contributed by atoms with Crippen LogP contribution in [0, 0.1) is 0 Å². The third-order valence-corrected chi connectivity index (χ3v) is 1.86. The second kappa shape index (κ2) is 4.01. The van der Waals surface area contributed by atoms with Crippen LogP contribution in [0.1, 0.15) is 6.92 Å². The van der Waals surface area contributed by atoms with Gasteiger partial charge in [-0.3, -0.25) is 10.6 Å². The lowest BCUT2D eigenvalue weighted by Gasteiger charge is -2.34. The van der Waals surface area contributed by atoms with Crippen molar-refractivity contribution in [2.24, 2.45) is 0 Å². The monoisotopic (exact) mass is 160 g/mol. The van der Waals surface area contributed by atoms with Crippen LogP contribution in [-0.4, -0.2) is 39.3 Å². The highest BCUT2D eigenvalue weighted by atomic mass is 16.5. The van der Waals surface area contributed by atoms with Gasteiger partial charge in [-0.15, -0.1) is 0 Å². The van der Waals surface area contributed by atoms with Crippen LogP contribution in [0.5, 0.6) is 0 Å². The molecule has 0 aromatic carbocycles. The Labute approximate surface area is 67.2 Å². The maximum absolute atomic E-state index is 5.17. The van der Waals surface area contributed by atoms with E-state index >= 15 is 0 Å². The van der Waals surface area contributed by atoms with E-state index in [4.69, 9.17) is 9.47 Å². The molecule has 0 aromatic rings. The second-order valence-electron chi connectivity index (χ2n) is 2.79. The molecule has 4 heteroatoms. The molecule has 4 nitrogen and oxygen atoms in total. The van der Waals surface area contributed by atoms with Crippen LogP contribution in [0.4, 0.5) is 0 Å². The molecule has 11 heavy (non-hydrogen) atoms. The third-order valence-electron chi connectivity index (χ3n) is 1.86. The van der Waals surface area contributed by atoms with Gasteiger partial charge in [0.2, 0.25) is 0 Å². The Bertz CT molecular complexity index is 121. The van der Waals surface area contributed by atoms with E-state index in [2.05, 4.69) is 17.6 Å². The normalized spacial score (nSPS) is 39.0. The molecule has 1 rings (SSSR count). The van der Waals surface area contributed by atoms with Gasteiger partial charge in [0.15, 0.2) is 0 Å². The van der Waals surface area contributed by atoms with Gasteiger partial charge in [-0.2, -0.15) is 0 Å². The summed E-state index contributed by atoms with van der Waals surface area (Å²) in [5.74, 6) is 0. The van der Waals surface area contributed by atoms with Crippen LogP contribution in [0.2, 0.25) is 0 Å².